The van der Waals surface area contributed by atoms with Crippen molar-refractivity contribution in [3.05, 3.63) is 41.7 Å². The van der Waals surface area contributed by atoms with Crippen LogP contribution in [0, 0.1) is 5.82 Å². The molecule has 0 aromatic heterocycles. The minimum absolute atomic E-state index is 0.0126. The minimum Gasteiger partial charge on any atom is -0.493 e. The molecule has 0 amide bonds. The van der Waals surface area contributed by atoms with E-state index in [4.69, 9.17) is 4.74 Å². The van der Waals surface area contributed by atoms with Gasteiger partial charge in [-0.2, -0.15) is 0 Å². The van der Waals surface area contributed by atoms with E-state index in [9.17, 15) is 4.39 Å². The summed E-state index contributed by atoms with van der Waals surface area (Å²) in [6, 6.07) is 4.64. The molecule has 3 heteroatoms. The largest absolute Gasteiger partial charge is 0.493 e. The molecule has 0 aliphatic heterocycles. The molecule has 1 aromatic rings. The van der Waals surface area contributed by atoms with E-state index in [2.05, 4.69) is 32.7 Å². The van der Waals surface area contributed by atoms with Crippen molar-refractivity contribution in [2.45, 2.75) is 46.2 Å². The molecule has 2 nitrogen and oxygen atoms in total. The highest BCUT2D eigenvalue weighted by Gasteiger charge is 2.11. The van der Waals surface area contributed by atoms with Crippen molar-refractivity contribution >= 4 is 0 Å². The van der Waals surface area contributed by atoms with Gasteiger partial charge in [-0.25, -0.2) is 4.39 Å². The first-order valence-electron chi connectivity index (χ1n) is 6.58. The standard InChI is InChI=1S/C16H24FNO/c1-12(2)8-9-19-15-7-6-14(17)10-13(15)11-18-16(3,4)5/h6-7,10,18H,1,8-9,11H2,2-5H3. The summed E-state index contributed by atoms with van der Waals surface area (Å²) >= 11 is 0. The van der Waals surface area contributed by atoms with E-state index in [0.717, 1.165) is 23.3 Å². The Morgan fingerprint density at radius 3 is 2.63 bits per heavy atom. The normalized spacial score (nSPS) is 11.4. The zero-order valence-electron chi connectivity index (χ0n) is 12.3. The topological polar surface area (TPSA) is 21.3 Å². The lowest BCUT2D eigenvalue weighted by Crippen LogP contribution is -2.35. The van der Waals surface area contributed by atoms with Crippen molar-refractivity contribution in [2.24, 2.45) is 0 Å². The molecular formula is C16H24FNO. The van der Waals surface area contributed by atoms with Crippen LogP contribution in [0.2, 0.25) is 0 Å². The van der Waals surface area contributed by atoms with Crippen molar-refractivity contribution in [1.29, 1.82) is 0 Å². The number of ether oxygens (including phenoxy) is 1. The zero-order chi connectivity index (χ0) is 14.5. The van der Waals surface area contributed by atoms with Crippen LogP contribution in [0.1, 0.15) is 39.7 Å². The molecule has 1 aromatic carbocycles. The Labute approximate surface area is 115 Å². The van der Waals surface area contributed by atoms with Gasteiger partial charge < -0.3 is 10.1 Å². The summed E-state index contributed by atoms with van der Waals surface area (Å²) in [7, 11) is 0. The van der Waals surface area contributed by atoms with Gasteiger partial charge in [0.15, 0.2) is 0 Å². The van der Waals surface area contributed by atoms with Crippen molar-refractivity contribution in [2.75, 3.05) is 6.61 Å². The molecule has 0 spiro atoms. The second-order valence-corrected chi connectivity index (χ2v) is 5.91. The predicted molar refractivity (Wildman–Crippen MR) is 77.9 cm³/mol. The molecule has 0 saturated carbocycles. The molecule has 1 N–H and O–H groups in total. The van der Waals surface area contributed by atoms with E-state index in [1.54, 1.807) is 6.07 Å². The molecule has 0 aliphatic carbocycles. The Kier molecular flexibility index (Phi) is 5.55. The summed E-state index contributed by atoms with van der Waals surface area (Å²) in [4.78, 5) is 0. The summed E-state index contributed by atoms with van der Waals surface area (Å²) in [5.41, 5.74) is 1.91. The predicted octanol–water partition coefficient (Wildman–Crippen LogP) is 4.06. The number of benzene rings is 1. The summed E-state index contributed by atoms with van der Waals surface area (Å²) in [6.45, 7) is 13.2. The van der Waals surface area contributed by atoms with Gasteiger partial charge in [-0.15, -0.1) is 6.58 Å². The molecule has 106 valence electrons. The molecule has 0 heterocycles. The second kappa shape index (κ2) is 6.71. The Hall–Kier alpha value is -1.35. The molecule has 1 rings (SSSR count). The molecule has 0 bridgehead atoms. The summed E-state index contributed by atoms with van der Waals surface area (Å²) < 4.78 is 19.0. The van der Waals surface area contributed by atoms with E-state index in [0.29, 0.717) is 13.2 Å². The van der Waals surface area contributed by atoms with E-state index < -0.39 is 0 Å². The second-order valence-electron chi connectivity index (χ2n) is 5.91. The lowest BCUT2D eigenvalue weighted by molar-refractivity contribution is 0.314. The minimum atomic E-state index is -0.238. The van der Waals surface area contributed by atoms with Gasteiger partial charge in [-0.1, -0.05) is 5.57 Å². The monoisotopic (exact) mass is 265 g/mol. The first-order valence-corrected chi connectivity index (χ1v) is 6.58. The Morgan fingerprint density at radius 1 is 1.37 bits per heavy atom. The van der Waals surface area contributed by atoms with Crippen molar-refractivity contribution in [1.82, 2.24) is 5.32 Å². The van der Waals surface area contributed by atoms with Crippen LogP contribution in [0.15, 0.2) is 30.4 Å². The van der Waals surface area contributed by atoms with Crippen LogP contribution in [0.3, 0.4) is 0 Å². The van der Waals surface area contributed by atoms with Gasteiger partial charge in [-0.05, 0) is 45.9 Å². The maximum atomic E-state index is 13.3. The Bertz CT molecular complexity index is 435. The van der Waals surface area contributed by atoms with Crippen molar-refractivity contribution in [3.63, 3.8) is 0 Å². The fraction of sp³-hybridized carbons (Fsp3) is 0.500. The van der Waals surface area contributed by atoms with Gasteiger partial charge in [0, 0.05) is 24.1 Å². The molecule has 0 unspecified atom stereocenters. The smallest absolute Gasteiger partial charge is 0.123 e. The third-order valence-corrected chi connectivity index (χ3v) is 2.62. The van der Waals surface area contributed by atoms with Crippen LogP contribution >= 0.6 is 0 Å². The molecule has 0 fully saturated rings. The van der Waals surface area contributed by atoms with E-state index in [-0.39, 0.29) is 11.4 Å². The average Bonchev–Trinajstić information content (AvgIpc) is 2.27. The summed E-state index contributed by atoms with van der Waals surface area (Å²) in [6.07, 6.45) is 0.809. The fourth-order valence-corrected chi connectivity index (χ4v) is 1.52. The molecule has 0 radical (unpaired) electrons. The quantitative estimate of drug-likeness (QED) is 0.783. The number of halogens is 1. The van der Waals surface area contributed by atoms with Crippen LogP contribution in [0.25, 0.3) is 0 Å². The molecular weight excluding hydrogens is 241 g/mol. The average molecular weight is 265 g/mol. The van der Waals surface area contributed by atoms with Crippen LogP contribution in [-0.4, -0.2) is 12.1 Å². The molecule has 19 heavy (non-hydrogen) atoms. The summed E-state index contributed by atoms with van der Waals surface area (Å²) in [5.74, 6) is 0.498. The maximum absolute atomic E-state index is 13.3. The fourth-order valence-electron chi connectivity index (χ4n) is 1.52. The van der Waals surface area contributed by atoms with Crippen LogP contribution in [0.5, 0.6) is 5.75 Å². The molecule has 0 saturated heterocycles. The van der Waals surface area contributed by atoms with Crippen LogP contribution in [0.4, 0.5) is 4.39 Å². The number of rotatable bonds is 6. The van der Waals surface area contributed by atoms with Crippen molar-refractivity contribution < 1.29 is 9.13 Å². The third-order valence-electron chi connectivity index (χ3n) is 2.62. The van der Waals surface area contributed by atoms with E-state index in [1.807, 2.05) is 6.92 Å². The third kappa shape index (κ3) is 6.39. The maximum Gasteiger partial charge on any atom is 0.123 e. The van der Waals surface area contributed by atoms with E-state index in [1.165, 1.54) is 12.1 Å². The van der Waals surface area contributed by atoms with Gasteiger partial charge in [0.05, 0.1) is 6.61 Å². The highest BCUT2D eigenvalue weighted by molar-refractivity contribution is 5.34. The lowest BCUT2D eigenvalue weighted by Gasteiger charge is -2.21. The zero-order valence-corrected chi connectivity index (χ0v) is 12.3. The van der Waals surface area contributed by atoms with E-state index >= 15 is 0 Å². The molecule has 0 atom stereocenters. The summed E-state index contributed by atoms with van der Waals surface area (Å²) in [5, 5.41) is 3.34. The van der Waals surface area contributed by atoms with Crippen LogP contribution in [-0.2, 0) is 6.54 Å². The highest BCUT2D eigenvalue weighted by Crippen LogP contribution is 2.21. The van der Waals surface area contributed by atoms with Gasteiger partial charge in [0.1, 0.15) is 11.6 Å². The number of hydrogen-bond acceptors (Lipinski definition) is 2. The number of nitrogens with one attached hydrogen (secondary N) is 1. The van der Waals surface area contributed by atoms with Gasteiger partial charge in [-0.3, -0.25) is 0 Å². The Morgan fingerprint density at radius 2 is 2.05 bits per heavy atom. The number of hydrogen-bond donors (Lipinski definition) is 1. The Balaban J connectivity index is 2.71. The first-order chi connectivity index (χ1) is 8.78. The van der Waals surface area contributed by atoms with Gasteiger partial charge in [0.2, 0.25) is 0 Å². The van der Waals surface area contributed by atoms with Crippen molar-refractivity contribution in [3.8, 4) is 5.75 Å². The van der Waals surface area contributed by atoms with Crippen LogP contribution < -0.4 is 10.1 Å². The highest BCUT2D eigenvalue weighted by atomic mass is 19.1. The lowest BCUT2D eigenvalue weighted by atomic mass is 10.1. The van der Waals surface area contributed by atoms with Gasteiger partial charge in [0.25, 0.3) is 0 Å². The van der Waals surface area contributed by atoms with Gasteiger partial charge >= 0.3 is 0 Å². The first kappa shape index (κ1) is 15.7. The molecule has 0 aliphatic rings. The SMILES string of the molecule is C=C(C)CCOc1ccc(F)cc1CNC(C)(C)C.